The number of nitrogens with one attached hydrogen (secondary N) is 1. The maximum absolute atomic E-state index is 12.5. The third kappa shape index (κ3) is 3.38. The molecule has 0 unspecified atom stereocenters. The van der Waals surface area contributed by atoms with E-state index in [9.17, 15) is 8.42 Å². The lowest BCUT2D eigenvalue weighted by Gasteiger charge is -2.11. The summed E-state index contributed by atoms with van der Waals surface area (Å²) >= 11 is 5.88. The van der Waals surface area contributed by atoms with Crippen LogP contribution in [0, 0.1) is 6.92 Å². The predicted octanol–water partition coefficient (Wildman–Crippen LogP) is 3.63. The molecule has 0 aliphatic heterocycles. The lowest BCUT2D eigenvalue weighted by molar-refractivity contribution is 0.600. The van der Waals surface area contributed by atoms with E-state index in [0.29, 0.717) is 5.02 Å². The molecule has 0 aliphatic rings. The van der Waals surface area contributed by atoms with Gasteiger partial charge in [0, 0.05) is 23.1 Å². The average Bonchev–Trinajstić information content (AvgIpc) is 2.96. The van der Waals surface area contributed by atoms with Crippen molar-refractivity contribution in [3.05, 3.63) is 71.5 Å². The highest BCUT2D eigenvalue weighted by molar-refractivity contribution is 7.92. The number of rotatable bonds is 4. The van der Waals surface area contributed by atoms with Gasteiger partial charge in [0.05, 0.1) is 4.90 Å². The van der Waals surface area contributed by atoms with Gasteiger partial charge in [-0.1, -0.05) is 29.3 Å². The van der Waals surface area contributed by atoms with E-state index in [1.807, 2.05) is 6.92 Å². The van der Waals surface area contributed by atoms with Crippen molar-refractivity contribution in [2.24, 2.45) is 0 Å². The van der Waals surface area contributed by atoms with E-state index < -0.39 is 10.0 Å². The number of hydrogen-bond donors (Lipinski definition) is 1. The highest BCUT2D eigenvalue weighted by Crippen LogP contribution is 2.20. The van der Waals surface area contributed by atoms with Crippen LogP contribution >= 0.6 is 11.6 Å². The van der Waals surface area contributed by atoms with Gasteiger partial charge in [-0.25, -0.2) is 18.1 Å². The van der Waals surface area contributed by atoms with Crippen molar-refractivity contribution in [1.82, 2.24) is 9.55 Å². The standard InChI is InChI=1S/C16H14ClN3O2S/c1-12-2-8-15(9-3-12)23(21,22)19-16-18-10-11-20(16)14-6-4-13(17)5-7-14/h2-11H,1H3,(H,18,19). The normalized spacial score (nSPS) is 11.4. The van der Waals surface area contributed by atoms with Crippen molar-refractivity contribution in [1.29, 1.82) is 0 Å². The molecule has 1 heterocycles. The summed E-state index contributed by atoms with van der Waals surface area (Å²) < 4.78 is 29.1. The van der Waals surface area contributed by atoms with Crippen LogP contribution in [0.25, 0.3) is 5.69 Å². The highest BCUT2D eigenvalue weighted by atomic mass is 35.5. The molecule has 0 saturated heterocycles. The monoisotopic (exact) mass is 347 g/mol. The van der Waals surface area contributed by atoms with Crippen LogP contribution in [0.2, 0.25) is 5.02 Å². The van der Waals surface area contributed by atoms with Crippen molar-refractivity contribution in [2.45, 2.75) is 11.8 Å². The van der Waals surface area contributed by atoms with Gasteiger partial charge in [-0.3, -0.25) is 4.57 Å². The summed E-state index contributed by atoms with van der Waals surface area (Å²) in [6, 6.07) is 13.7. The van der Waals surface area contributed by atoms with E-state index in [1.165, 1.54) is 6.20 Å². The van der Waals surface area contributed by atoms with E-state index in [-0.39, 0.29) is 10.8 Å². The van der Waals surface area contributed by atoms with E-state index >= 15 is 0 Å². The van der Waals surface area contributed by atoms with Crippen LogP contribution < -0.4 is 4.72 Å². The second-order valence-electron chi connectivity index (χ2n) is 5.02. The zero-order chi connectivity index (χ0) is 16.4. The fourth-order valence-electron chi connectivity index (χ4n) is 2.09. The van der Waals surface area contributed by atoms with E-state index in [2.05, 4.69) is 9.71 Å². The lowest BCUT2D eigenvalue weighted by atomic mass is 10.2. The minimum atomic E-state index is -3.70. The van der Waals surface area contributed by atoms with Gasteiger partial charge >= 0.3 is 0 Å². The topological polar surface area (TPSA) is 64.0 Å². The van der Waals surface area contributed by atoms with Crippen molar-refractivity contribution in [3.63, 3.8) is 0 Å². The van der Waals surface area contributed by atoms with Crippen molar-refractivity contribution in [2.75, 3.05) is 4.72 Å². The summed E-state index contributed by atoms with van der Waals surface area (Å²) in [7, 11) is -3.70. The molecule has 0 spiro atoms. The van der Waals surface area contributed by atoms with Gasteiger partial charge in [-0.2, -0.15) is 0 Å². The van der Waals surface area contributed by atoms with Crippen LogP contribution in [0.1, 0.15) is 5.56 Å². The van der Waals surface area contributed by atoms with Crippen LogP contribution in [-0.2, 0) is 10.0 Å². The first kappa shape index (κ1) is 15.6. The minimum absolute atomic E-state index is 0.189. The Hall–Kier alpha value is -2.31. The van der Waals surface area contributed by atoms with E-state index in [0.717, 1.165) is 11.3 Å². The highest BCUT2D eigenvalue weighted by Gasteiger charge is 2.17. The molecule has 0 bridgehead atoms. The smallest absolute Gasteiger partial charge is 0.264 e. The van der Waals surface area contributed by atoms with Gasteiger partial charge in [0.15, 0.2) is 0 Å². The van der Waals surface area contributed by atoms with Gasteiger partial charge in [-0.15, -0.1) is 0 Å². The maximum Gasteiger partial charge on any atom is 0.264 e. The molecule has 0 aliphatic carbocycles. The number of nitrogens with zero attached hydrogens (tertiary/aromatic N) is 2. The molecule has 1 aromatic heterocycles. The third-order valence-electron chi connectivity index (χ3n) is 3.30. The number of aromatic nitrogens is 2. The summed E-state index contributed by atoms with van der Waals surface area (Å²) in [5.74, 6) is 0.216. The SMILES string of the molecule is Cc1ccc(S(=O)(=O)Nc2nccn2-c2ccc(Cl)cc2)cc1. The van der Waals surface area contributed by atoms with Gasteiger partial charge in [0.2, 0.25) is 5.95 Å². The Labute approximate surface area is 139 Å². The summed E-state index contributed by atoms with van der Waals surface area (Å²) in [6.07, 6.45) is 3.21. The summed E-state index contributed by atoms with van der Waals surface area (Å²) in [5.41, 5.74) is 1.75. The molecule has 1 N–H and O–H groups in total. The van der Waals surface area contributed by atoms with Gasteiger partial charge in [0.1, 0.15) is 0 Å². The average molecular weight is 348 g/mol. The summed E-state index contributed by atoms with van der Waals surface area (Å²) in [5, 5.41) is 0.607. The molecule has 0 saturated carbocycles. The van der Waals surface area contributed by atoms with Crippen molar-refractivity contribution >= 4 is 27.6 Å². The molecule has 3 aromatic rings. The second-order valence-corrected chi connectivity index (χ2v) is 7.13. The van der Waals surface area contributed by atoms with Crippen LogP contribution in [0.3, 0.4) is 0 Å². The number of aryl methyl sites for hydroxylation is 1. The number of anilines is 1. The molecule has 0 radical (unpaired) electrons. The molecule has 23 heavy (non-hydrogen) atoms. The molecule has 0 amide bonds. The molecule has 118 valence electrons. The Bertz CT molecular complexity index is 917. The Morgan fingerprint density at radius 1 is 1.04 bits per heavy atom. The first-order valence-corrected chi connectivity index (χ1v) is 8.70. The Morgan fingerprint density at radius 3 is 2.35 bits per heavy atom. The molecular weight excluding hydrogens is 334 g/mol. The molecule has 2 aromatic carbocycles. The van der Waals surface area contributed by atoms with Crippen LogP contribution in [-0.4, -0.2) is 18.0 Å². The molecule has 3 rings (SSSR count). The van der Waals surface area contributed by atoms with Crippen LogP contribution in [0.4, 0.5) is 5.95 Å². The molecule has 0 atom stereocenters. The Morgan fingerprint density at radius 2 is 1.70 bits per heavy atom. The fourth-order valence-corrected chi connectivity index (χ4v) is 3.22. The van der Waals surface area contributed by atoms with Gasteiger partial charge in [0.25, 0.3) is 10.0 Å². The predicted molar refractivity (Wildman–Crippen MR) is 90.6 cm³/mol. The lowest BCUT2D eigenvalue weighted by Crippen LogP contribution is -2.16. The third-order valence-corrected chi connectivity index (χ3v) is 4.90. The summed E-state index contributed by atoms with van der Waals surface area (Å²) in [4.78, 5) is 4.27. The van der Waals surface area contributed by atoms with Gasteiger partial charge < -0.3 is 0 Å². The van der Waals surface area contributed by atoms with Crippen LogP contribution in [0.15, 0.2) is 65.8 Å². The van der Waals surface area contributed by atoms with E-state index in [1.54, 1.807) is 59.3 Å². The first-order chi connectivity index (χ1) is 11.0. The number of benzene rings is 2. The number of sulfonamides is 1. The Kier molecular flexibility index (Phi) is 4.11. The summed E-state index contributed by atoms with van der Waals surface area (Å²) in [6.45, 7) is 1.90. The minimum Gasteiger partial charge on any atom is -0.285 e. The maximum atomic E-state index is 12.5. The quantitative estimate of drug-likeness (QED) is 0.783. The first-order valence-electron chi connectivity index (χ1n) is 6.84. The largest absolute Gasteiger partial charge is 0.285 e. The zero-order valence-corrected chi connectivity index (χ0v) is 13.8. The number of halogens is 1. The number of imidazole rings is 1. The fraction of sp³-hybridized carbons (Fsp3) is 0.0625. The van der Waals surface area contributed by atoms with Crippen molar-refractivity contribution < 1.29 is 8.42 Å². The molecule has 0 fully saturated rings. The zero-order valence-electron chi connectivity index (χ0n) is 12.3. The number of hydrogen-bond acceptors (Lipinski definition) is 3. The molecule has 7 heteroatoms. The molecule has 5 nitrogen and oxygen atoms in total. The Balaban J connectivity index is 1.93. The second kappa shape index (κ2) is 6.06. The molecular formula is C16H14ClN3O2S. The van der Waals surface area contributed by atoms with E-state index in [4.69, 9.17) is 11.6 Å². The van der Waals surface area contributed by atoms with Gasteiger partial charge in [-0.05, 0) is 43.3 Å². The van der Waals surface area contributed by atoms with Crippen molar-refractivity contribution in [3.8, 4) is 5.69 Å². The van der Waals surface area contributed by atoms with Crippen LogP contribution in [0.5, 0.6) is 0 Å².